The monoisotopic (exact) mass is 243 g/mol. The summed E-state index contributed by atoms with van der Waals surface area (Å²) in [5, 5.41) is 12.3. The zero-order chi connectivity index (χ0) is 12.3. The lowest BCUT2D eigenvalue weighted by atomic mass is 10.1. The van der Waals surface area contributed by atoms with Crippen molar-refractivity contribution in [3.8, 4) is 6.07 Å². The van der Waals surface area contributed by atoms with E-state index < -0.39 is 0 Å². The lowest BCUT2D eigenvalue weighted by Gasteiger charge is -2.07. The number of aryl methyl sites for hydroxylation is 1. The smallest absolute Gasteiger partial charge is 0.101 e. The van der Waals surface area contributed by atoms with Crippen LogP contribution in [0.5, 0.6) is 0 Å². The van der Waals surface area contributed by atoms with Crippen molar-refractivity contribution >= 4 is 22.7 Å². The molecule has 0 unspecified atom stereocenters. The Morgan fingerprint density at radius 2 is 2.18 bits per heavy atom. The summed E-state index contributed by atoms with van der Waals surface area (Å²) in [5.41, 5.74) is 7.66. The minimum atomic E-state index is 0.582. The van der Waals surface area contributed by atoms with Crippen molar-refractivity contribution in [2.45, 2.75) is 13.5 Å². The first kappa shape index (κ1) is 11.5. The third-order valence-corrected chi connectivity index (χ3v) is 3.41. The maximum Gasteiger partial charge on any atom is 0.101 e. The summed E-state index contributed by atoms with van der Waals surface area (Å²) in [7, 11) is 0. The largest absolute Gasteiger partial charge is 0.399 e. The van der Waals surface area contributed by atoms with E-state index in [1.807, 2.05) is 6.07 Å². The van der Waals surface area contributed by atoms with Crippen molar-refractivity contribution < 1.29 is 0 Å². The highest BCUT2D eigenvalue weighted by atomic mass is 32.1. The molecule has 0 spiro atoms. The van der Waals surface area contributed by atoms with Crippen LogP contribution in [0.3, 0.4) is 0 Å². The van der Waals surface area contributed by atoms with Gasteiger partial charge in [0.15, 0.2) is 0 Å². The number of benzene rings is 1. The summed E-state index contributed by atoms with van der Waals surface area (Å²) >= 11 is 1.75. The van der Waals surface area contributed by atoms with Crippen LogP contribution in [0.25, 0.3) is 0 Å². The molecule has 3 nitrogen and oxygen atoms in total. The van der Waals surface area contributed by atoms with Gasteiger partial charge in [0.2, 0.25) is 0 Å². The van der Waals surface area contributed by atoms with Crippen LogP contribution in [0.1, 0.15) is 15.3 Å². The topological polar surface area (TPSA) is 61.8 Å². The average Bonchev–Trinajstić information content (AvgIpc) is 2.73. The summed E-state index contributed by atoms with van der Waals surface area (Å²) in [6.07, 6.45) is 0. The molecule has 0 atom stereocenters. The van der Waals surface area contributed by atoms with Gasteiger partial charge in [-0.15, -0.1) is 11.3 Å². The van der Waals surface area contributed by atoms with Gasteiger partial charge >= 0.3 is 0 Å². The Hall–Kier alpha value is -1.99. The number of nitrogens with zero attached hydrogens (tertiary/aromatic N) is 1. The maximum atomic E-state index is 9.00. The molecule has 1 aromatic heterocycles. The Morgan fingerprint density at radius 3 is 2.82 bits per heavy atom. The molecular weight excluding hydrogens is 230 g/mol. The number of thiophene rings is 1. The van der Waals surface area contributed by atoms with Crippen LogP contribution in [0.15, 0.2) is 30.3 Å². The minimum absolute atomic E-state index is 0.582. The molecule has 4 heteroatoms. The van der Waals surface area contributed by atoms with E-state index in [1.165, 1.54) is 9.75 Å². The van der Waals surface area contributed by atoms with Crippen LogP contribution >= 0.6 is 11.3 Å². The Morgan fingerprint density at radius 1 is 1.35 bits per heavy atom. The number of nitrogens with two attached hydrogens (primary N) is 1. The van der Waals surface area contributed by atoms with E-state index in [0.717, 1.165) is 12.2 Å². The molecule has 1 aromatic carbocycles. The third-order valence-electron chi connectivity index (χ3n) is 2.41. The zero-order valence-electron chi connectivity index (χ0n) is 9.53. The van der Waals surface area contributed by atoms with E-state index in [-0.39, 0.29) is 0 Å². The van der Waals surface area contributed by atoms with Crippen LogP contribution in [0.2, 0.25) is 0 Å². The highest BCUT2D eigenvalue weighted by molar-refractivity contribution is 7.11. The van der Waals surface area contributed by atoms with Gasteiger partial charge in [0, 0.05) is 22.0 Å². The highest BCUT2D eigenvalue weighted by Crippen LogP contribution is 2.21. The fourth-order valence-corrected chi connectivity index (χ4v) is 2.40. The standard InChI is InChI=1S/C13H13N3S/c1-9-2-4-12(17-9)8-16-13-5-3-11(15)6-10(13)7-14/h2-6,16H,8,15H2,1H3. The van der Waals surface area contributed by atoms with E-state index in [1.54, 1.807) is 23.5 Å². The lowest BCUT2D eigenvalue weighted by Crippen LogP contribution is -2.00. The van der Waals surface area contributed by atoms with Crippen molar-refractivity contribution in [3.05, 3.63) is 45.6 Å². The second kappa shape index (κ2) is 4.89. The van der Waals surface area contributed by atoms with Crippen LogP contribution < -0.4 is 11.1 Å². The first-order valence-corrected chi connectivity index (χ1v) is 6.09. The normalized spacial score (nSPS) is 9.88. The summed E-state index contributed by atoms with van der Waals surface area (Å²) in [6, 6.07) is 11.6. The summed E-state index contributed by atoms with van der Waals surface area (Å²) in [6.45, 7) is 2.81. The van der Waals surface area contributed by atoms with Crippen molar-refractivity contribution in [2.75, 3.05) is 11.1 Å². The van der Waals surface area contributed by atoms with E-state index in [4.69, 9.17) is 11.0 Å². The SMILES string of the molecule is Cc1ccc(CNc2ccc(N)cc2C#N)s1. The maximum absolute atomic E-state index is 9.00. The molecule has 2 rings (SSSR count). The van der Waals surface area contributed by atoms with Crippen molar-refractivity contribution in [1.82, 2.24) is 0 Å². The van der Waals surface area contributed by atoms with Crippen molar-refractivity contribution in [1.29, 1.82) is 5.26 Å². The van der Waals surface area contributed by atoms with E-state index in [2.05, 4.69) is 30.4 Å². The van der Waals surface area contributed by atoms with Gasteiger partial charge in [0.25, 0.3) is 0 Å². The number of nitrogen functional groups attached to an aromatic ring is 1. The van der Waals surface area contributed by atoms with Crippen LogP contribution in [-0.2, 0) is 6.54 Å². The molecule has 0 saturated carbocycles. The van der Waals surface area contributed by atoms with Gasteiger partial charge in [0.1, 0.15) is 6.07 Å². The fourth-order valence-electron chi connectivity index (χ4n) is 1.57. The van der Waals surface area contributed by atoms with E-state index in [0.29, 0.717) is 11.3 Å². The minimum Gasteiger partial charge on any atom is -0.399 e. The van der Waals surface area contributed by atoms with Gasteiger partial charge in [-0.05, 0) is 37.3 Å². The number of hydrogen-bond donors (Lipinski definition) is 2. The Bertz CT molecular complexity index is 566. The number of nitrogens with one attached hydrogen (secondary N) is 1. The predicted octanol–water partition coefficient (Wildman–Crippen LogP) is 3.12. The van der Waals surface area contributed by atoms with Crippen LogP contribution in [0, 0.1) is 18.3 Å². The zero-order valence-corrected chi connectivity index (χ0v) is 10.3. The number of nitriles is 1. The van der Waals surface area contributed by atoms with Crippen LogP contribution in [0.4, 0.5) is 11.4 Å². The molecule has 3 N–H and O–H groups in total. The van der Waals surface area contributed by atoms with Gasteiger partial charge in [-0.2, -0.15) is 5.26 Å². The third kappa shape index (κ3) is 2.77. The molecule has 2 aromatic rings. The van der Waals surface area contributed by atoms with Crippen molar-refractivity contribution in [3.63, 3.8) is 0 Å². The molecule has 1 heterocycles. The van der Waals surface area contributed by atoms with Crippen molar-refractivity contribution in [2.24, 2.45) is 0 Å². The van der Waals surface area contributed by atoms with E-state index >= 15 is 0 Å². The molecule has 0 aliphatic heterocycles. The van der Waals surface area contributed by atoms with Gasteiger partial charge in [-0.3, -0.25) is 0 Å². The fraction of sp³-hybridized carbons (Fsp3) is 0.154. The highest BCUT2D eigenvalue weighted by Gasteiger charge is 2.03. The quantitative estimate of drug-likeness (QED) is 0.814. The molecule has 0 amide bonds. The molecule has 86 valence electrons. The first-order chi connectivity index (χ1) is 8.19. The lowest BCUT2D eigenvalue weighted by molar-refractivity contribution is 1.19. The van der Waals surface area contributed by atoms with Gasteiger partial charge < -0.3 is 11.1 Å². The Balaban J connectivity index is 2.12. The number of anilines is 2. The molecule has 0 bridgehead atoms. The van der Waals surface area contributed by atoms with Crippen LogP contribution in [-0.4, -0.2) is 0 Å². The predicted molar refractivity (Wildman–Crippen MR) is 72.0 cm³/mol. The van der Waals surface area contributed by atoms with Gasteiger partial charge in [-0.1, -0.05) is 0 Å². The molecular formula is C13H13N3S. The second-order valence-corrected chi connectivity index (χ2v) is 5.16. The summed E-state index contributed by atoms with van der Waals surface area (Å²) in [4.78, 5) is 2.54. The number of hydrogen-bond acceptors (Lipinski definition) is 4. The number of rotatable bonds is 3. The second-order valence-electron chi connectivity index (χ2n) is 3.78. The molecule has 17 heavy (non-hydrogen) atoms. The summed E-state index contributed by atoms with van der Waals surface area (Å²) in [5.74, 6) is 0. The molecule has 0 aliphatic carbocycles. The molecule has 0 aliphatic rings. The average molecular weight is 243 g/mol. The van der Waals surface area contributed by atoms with Gasteiger partial charge in [-0.25, -0.2) is 0 Å². The molecule has 0 saturated heterocycles. The first-order valence-electron chi connectivity index (χ1n) is 5.28. The summed E-state index contributed by atoms with van der Waals surface area (Å²) < 4.78 is 0. The molecule has 0 radical (unpaired) electrons. The van der Waals surface area contributed by atoms with E-state index in [9.17, 15) is 0 Å². The Kier molecular flexibility index (Phi) is 3.31. The van der Waals surface area contributed by atoms with Gasteiger partial charge in [0.05, 0.1) is 11.3 Å². The molecule has 0 fully saturated rings. The Labute approximate surface area is 105 Å².